The summed E-state index contributed by atoms with van der Waals surface area (Å²) in [5, 5.41) is 25.6. The molecular formula is C18H30N6O6S. The largest absolute Gasteiger partial charge is 0.480 e. The molecule has 0 saturated heterocycles. The van der Waals surface area contributed by atoms with Crippen LogP contribution in [0.5, 0.6) is 0 Å². The minimum atomic E-state index is -1.25. The summed E-state index contributed by atoms with van der Waals surface area (Å²) in [6, 6.07) is -4.60. The van der Waals surface area contributed by atoms with E-state index < -0.39 is 54.5 Å². The smallest absolute Gasteiger partial charge is 0.327 e. The zero-order chi connectivity index (χ0) is 23.6. The van der Waals surface area contributed by atoms with Crippen molar-refractivity contribution in [2.24, 2.45) is 11.7 Å². The third kappa shape index (κ3) is 8.94. The predicted molar refractivity (Wildman–Crippen MR) is 114 cm³/mol. The molecule has 0 aromatic carbocycles. The van der Waals surface area contributed by atoms with Gasteiger partial charge in [-0.2, -0.15) is 12.6 Å². The van der Waals surface area contributed by atoms with Crippen molar-refractivity contribution in [2.75, 3.05) is 12.4 Å². The summed E-state index contributed by atoms with van der Waals surface area (Å²) in [5.74, 6) is -3.47. The lowest BCUT2D eigenvalue weighted by Crippen LogP contribution is -2.58. The standard InChI is InChI=1S/C18H30N6O6S/c1-9(2)3-12(16(27)24-14(7-31)18(29)30)23-17(28)13(4-10-5-20-8-21-10)22-15(26)11(19)6-25/h5,8-9,11-14,25,31H,3-4,6-7,19H2,1-2H3,(H,20,21)(H,22,26)(H,23,28)(H,24,27)(H,29,30). The summed E-state index contributed by atoms with van der Waals surface area (Å²) >= 11 is 3.91. The molecule has 0 bridgehead atoms. The molecule has 31 heavy (non-hydrogen) atoms. The van der Waals surface area contributed by atoms with E-state index in [9.17, 15) is 19.2 Å². The minimum absolute atomic E-state index is 0.00112. The number of amides is 3. The molecule has 0 saturated carbocycles. The van der Waals surface area contributed by atoms with Crippen LogP contribution < -0.4 is 21.7 Å². The second-order valence-corrected chi connectivity index (χ2v) is 7.77. The molecule has 1 aromatic heterocycles. The molecule has 0 radical (unpaired) electrons. The van der Waals surface area contributed by atoms with Crippen LogP contribution >= 0.6 is 12.6 Å². The summed E-state index contributed by atoms with van der Waals surface area (Å²) in [4.78, 5) is 55.5. The normalized spacial score (nSPS) is 14.9. The van der Waals surface area contributed by atoms with Crippen molar-refractivity contribution in [3.63, 3.8) is 0 Å². The van der Waals surface area contributed by atoms with Crippen molar-refractivity contribution < 1.29 is 29.4 Å². The van der Waals surface area contributed by atoms with Gasteiger partial charge in [-0.3, -0.25) is 14.4 Å². The Labute approximate surface area is 185 Å². The Morgan fingerprint density at radius 1 is 1.10 bits per heavy atom. The van der Waals surface area contributed by atoms with Crippen molar-refractivity contribution >= 4 is 36.3 Å². The molecule has 1 rings (SSSR count). The third-order valence-corrected chi connectivity index (χ3v) is 4.65. The zero-order valence-electron chi connectivity index (χ0n) is 17.4. The molecule has 3 amide bonds. The average Bonchev–Trinajstić information content (AvgIpc) is 3.22. The number of carboxylic acids is 1. The number of hydrogen-bond donors (Lipinski definition) is 8. The number of nitrogens with two attached hydrogens (primary N) is 1. The van der Waals surface area contributed by atoms with Gasteiger partial charge in [-0.25, -0.2) is 9.78 Å². The number of aliphatic carboxylic acids is 1. The number of H-pyrrole nitrogens is 1. The maximum Gasteiger partial charge on any atom is 0.327 e. The molecule has 8 N–H and O–H groups in total. The molecule has 0 aliphatic carbocycles. The number of carboxylic acid groups (broad SMARTS) is 1. The van der Waals surface area contributed by atoms with Crippen molar-refractivity contribution in [2.45, 2.75) is 50.9 Å². The topological polar surface area (TPSA) is 200 Å². The zero-order valence-corrected chi connectivity index (χ0v) is 18.3. The van der Waals surface area contributed by atoms with Crippen LogP contribution in [-0.2, 0) is 25.6 Å². The van der Waals surface area contributed by atoms with Crippen LogP contribution in [0.1, 0.15) is 26.0 Å². The van der Waals surface area contributed by atoms with E-state index in [4.69, 9.17) is 15.9 Å². The molecule has 0 fully saturated rings. The van der Waals surface area contributed by atoms with Crippen LogP contribution in [-0.4, -0.2) is 80.4 Å². The van der Waals surface area contributed by atoms with Crippen LogP contribution in [0.25, 0.3) is 0 Å². The number of nitrogens with zero attached hydrogens (tertiary/aromatic N) is 1. The number of carbonyl (C=O) groups excluding carboxylic acids is 3. The van der Waals surface area contributed by atoms with Gasteiger partial charge in [-0.1, -0.05) is 13.8 Å². The first-order chi connectivity index (χ1) is 14.6. The van der Waals surface area contributed by atoms with Gasteiger partial charge < -0.3 is 36.9 Å². The molecule has 13 heteroatoms. The number of aromatic nitrogens is 2. The Bertz CT molecular complexity index is 744. The molecule has 0 spiro atoms. The highest BCUT2D eigenvalue weighted by molar-refractivity contribution is 7.80. The first-order valence-corrected chi connectivity index (χ1v) is 10.3. The lowest BCUT2D eigenvalue weighted by Gasteiger charge is -2.25. The number of nitrogens with one attached hydrogen (secondary N) is 4. The molecule has 1 aromatic rings. The van der Waals surface area contributed by atoms with Gasteiger partial charge in [-0.15, -0.1) is 0 Å². The van der Waals surface area contributed by atoms with Crippen LogP contribution in [0.2, 0.25) is 0 Å². The summed E-state index contributed by atoms with van der Waals surface area (Å²) in [6.45, 7) is 3.07. The number of hydrogen-bond acceptors (Lipinski definition) is 8. The molecular weight excluding hydrogens is 428 g/mol. The van der Waals surface area contributed by atoms with Crippen molar-refractivity contribution in [1.82, 2.24) is 25.9 Å². The maximum atomic E-state index is 12.9. The van der Waals surface area contributed by atoms with Crippen LogP contribution in [0.15, 0.2) is 12.5 Å². The Morgan fingerprint density at radius 2 is 1.68 bits per heavy atom. The summed E-state index contributed by atoms with van der Waals surface area (Å²) in [5.41, 5.74) is 6.06. The Balaban J connectivity index is 3.00. The van der Waals surface area contributed by atoms with Crippen molar-refractivity contribution in [3.05, 3.63) is 18.2 Å². The predicted octanol–water partition coefficient (Wildman–Crippen LogP) is -2.21. The van der Waals surface area contributed by atoms with Gasteiger partial charge in [0.25, 0.3) is 0 Å². The van der Waals surface area contributed by atoms with Gasteiger partial charge in [0.2, 0.25) is 17.7 Å². The molecule has 174 valence electrons. The van der Waals surface area contributed by atoms with E-state index in [1.54, 1.807) is 0 Å². The van der Waals surface area contributed by atoms with Gasteiger partial charge >= 0.3 is 5.97 Å². The summed E-state index contributed by atoms with van der Waals surface area (Å²) in [7, 11) is 0. The number of aliphatic hydroxyl groups is 1. The van der Waals surface area contributed by atoms with Crippen LogP contribution in [0, 0.1) is 5.92 Å². The number of imidazole rings is 1. The fourth-order valence-corrected chi connectivity index (χ4v) is 2.87. The Morgan fingerprint density at radius 3 is 2.16 bits per heavy atom. The van der Waals surface area contributed by atoms with Crippen molar-refractivity contribution in [3.8, 4) is 0 Å². The van der Waals surface area contributed by atoms with E-state index in [0.29, 0.717) is 5.69 Å². The fraction of sp³-hybridized carbons (Fsp3) is 0.611. The third-order valence-electron chi connectivity index (χ3n) is 4.28. The number of aromatic amines is 1. The van der Waals surface area contributed by atoms with Crippen LogP contribution in [0.3, 0.4) is 0 Å². The van der Waals surface area contributed by atoms with Gasteiger partial charge in [0, 0.05) is 24.1 Å². The summed E-state index contributed by atoms with van der Waals surface area (Å²) in [6.07, 6.45) is 3.14. The highest BCUT2D eigenvalue weighted by Crippen LogP contribution is 2.08. The van der Waals surface area contributed by atoms with Gasteiger partial charge in [0.1, 0.15) is 24.2 Å². The van der Waals surface area contributed by atoms with E-state index in [-0.39, 0.29) is 24.5 Å². The SMILES string of the molecule is CC(C)CC(NC(=O)C(Cc1cnc[nH]1)NC(=O)C(N)CO)C(=O)NC(CS)C(=O)O. The number of rotatable bonds is 13. The van der Waals surface area contributed by atoms with E-state index in [0.717, 1.165) is 0 Å². The minimum Gasteiger partial charge on any atom is -0.480 e. The molecule has 0 aliphatic rings. The molecule has 1 heterocycles. The molecule has 12 nitrogen and oxygen atoms in total. The van der Waals surface area contributed by atoms with Crippen molar-refractivity contribution in [1.29, 1.82) is 0 Å². The monoisotopic (exact) mass is 458 g/mol. The first kappa shape index (κ1) is 26.4. The molecule has 4 unspecified atom stereocenters. The van der Waals surface area contributed by atoms with E-state index in [1.807, 2.05) is 13.8 Å². The second kappa shape index (κ2) is 12.9. The van der Waals surface area contributed by atoms with Gasteiger partial charge in [0.15, 0.2) is 0 Å². The van der Waals surface area contributed by atoms with Gasteiger partial charge in [-0.05, 0) is 12.3 Å². The second-order valence-electron chi connectivity index (χ2n) is 7.40. The highest BCUT2D eigenvalue weighted by Gasteiger charge is 2.30. The summed E-state index contributed by atoms with van der Waals surface area (Å²) < 4.78 is 0. The van der Waals surface area contributed by atoms with E-state index in [2.05, 4.69) is 38.5 Å². The lowest BCUT2D eigenvalue weighted by molar-refractivity contribution is -0.141. The maximum absolute atomic E-state index is 12.9. The molecule has 4 atom stereocenters. The number of thiol groups is 1. The average molecular weight is 459 g/mol. The molecule has 0 aliphatic heterocycles. The highest BCUT2D eigenvalue weighted by atomic mass is 32.1. The van der Waals surface area contributed by atoms with Gasteiger partial charge in [0.05, 0.1) is 12.9 Å². The first-order valence-electron chi connectivity index (χ1n) is 9.67. The Hall–Kier alpha value is -2.64. The van der Waals surface area contributed by atoms with Crippen LogP contribution in [0.4, 0.5) is 0 Å². The Kier molecular flexibility index (Phi) is 11.0. The van der Waals surface area contributed by atoms with E-state index in [1.165, 1.54) is 12.5 Å². The number of aliphatic hydroxyl groups excluding tert-OH is 1. The fourth-order valence-electron chi connectivity index (χ4n) is 2.62. The lowest BCUT2D eigenvalue weighted by atomic mass is 10.0. The van der Waals surface area contributed by atoms with E-state index >= 15 is 0 Å². The quantitative estimate of drug-likeness (QED) is 0.152. The number of carbonyl (C=O) groups is 4.